The molecule has 110 valence electrons. The summed E-state index contributed by atoms with van der Waals surface area (Å²) in [5.74, 6) is -0.825. The molecule has 2 rings (SSSR count). The van der Waals surface area contributed by atoms with Gasteiger partial charge in [0.05, 0.1) is 12.7 Å². The molecule has 0 amide bonds. The lowest BCUT2D eigenvalue weighted by Gasteiger charge is -2.27. The molecule has 0 saturated carbocycles. The zero-order chi connectivity index (χ0) is 14.5. The van der Waals surface area contributed by atoms with Gasteiger partial charge < -0.3 is 15.0 Å². The fraction of sp³-hybridized carbons (Fsp3) is 0.533. The molecule has 1 saturated heterocycles. The summed E-state index contributed by atoms with van der Waals surface area (Å²) in [5, 5.41) is 3.30. The molecule has 4 nitrogen and oxygen atoms in total. The van der Waals surface area contributed by atoms with Crippen molar-refractivity contribution < 1.29 is 13.9 Å². The van der Waals surface area contributed by atoms with Crippen LogP contribution >= 0.6 is 0 Å². The van der Waals surface area contributed by atoms with Crippen LogP contribution in [0.2, 0.25) is 0 Å². The van der Waals surface area contributed by atoms with Gasteiger partial charge in [0.25, 0.3) is 0 Å². The summed E-state index contributed by atoms with van der Waals surface area (Å²) in [6.45, 7) is 6.49. The molecule has 1 heterocycles. The normalized spacial score (nSPS) is 16.1. The van der Waals surface area contributed by atoms with E-state index in [4.69, 9.17) is 4.74 Å². The maximum atomic E-state index is 13.9. The monoisotopic (exact) mass is 280 g/mol. The van der Waals surface area contributed by atoms with E-state index in [1.807, 2.05) is 0 Å². The van der Waals surface area contributed by atoms with Crippen molar-refractivity contribution in [3.05, 3.63) is 34.6 Å². The molecule has 0 bridgehead atoms. The fourth-order valence-electron chi connectivity index (χ4n) is 2.42. The SMILES string of the molecule is COC(=O)c1cc(CCN2CCNCC2)cc(F)c1C. The summed E-state index contributed by atoms with van der Waals surface area (Å²) < 4.78 is 18.6. The summed E-state index contributed by atoms with van der Waals surface area (Å²) in [6, 6.07) is 3.26. The highest BCUT2D eigenvalue weighted by Crippen LogP contribution is 2.17. The van der Waals surface area contributed by atoms with Crippen LogP contribution in [0.25, 0.3) is 0 Å². The lowest BCUT2D eigenvalue weighted by atomic mass is 10.0. The Bertz CT molecular complexity index is 485. The van der Waals surface area contributed by atoms with Crippen LogP contribution in [0.5, 0.6) is 0 Å². The molecule has 0 aromatic heterocycles. The third kappa shape index (κ3) is 3.55. The van der Waals surface area contributed by atoms with E-state index in [1.165, 1.54) is 13.2 Å². The molecule has 1 aliphatic rings. The van der Waals surface area contributed by atoms with Crippen LogP contribution < -0.4 is 5.32 Å². The first-order valence-electron chi connectivity index (χ1n) is 6.92. The zero-order valence-electron chi connectivity index (χ0n) is 12.0. The molecule has 0 radical (unpaired) electrons. The number of esters is 1. The van der Waals surface area contributed by atoms with Crippen LogP contribution in [0, 0.1) is 12.7 Å². The second-order valence-electron chi connectivity index (χ2n) is 5.08. The van der Waals surface area contributed by atoms with E-state index in [1.54, 1.807) is 13.0 Å². The molecule has 0 spiro atoms. The van der Waals surface area contributed by atoms with Crippen molar-refractivity contribution >= 4 is 5.97 Å². The number of hydrogen-bond donors (Lipinski definition) is 1. The Hall–Kier alpha value is -1.46. The number of rotatable bonds is 4. The first-order valence-corrected chi connectivity index (χ1v) is 6.92. The Labute approximate surface area is 118 Å². The first-order chi connectivity index (χ1) is 9.61. The van der Waals surface area contributed by atoms with Gasteiger partial charge in [-0.2, -0.15) is 0 Å². The van der Waals surface area contributed by atoms with Crippen LogP contribution in [0.3, 0.4) is 0 Å². The minimum absolute atomic E-state index is 0.322. The van der Waals surface area contributed by atoms with Crippen molar-refractivity contribution in [2.45, 2.75) is 13.3 Å². The lowest BCUT2D eigenvalue weighted by molar-refractivity contribution is 0.0599. The van der Waals surface area contributed by atoms with Crippen LogP contribution in [-0.4, -0.2) is 50.7 Å². The van der Waals surface area contributed by atoms with Crippen molar-refractivity contribution in [2.24, 2.45) is 0 Å². The van der Waals surface area contributed by atoms with Gasteiger partial charge in [0.1, 0.15) is 5.82 Å². The third-order valence-electron chi connectivity index (χ3n) is 3.74. The van der Waals surface area contributed by atoms with E-state index in [2.05, 4.69) is 10.2 Å². The van der Waals surface area contributed by atoms with Crippen LogP contribution in [0.15, 0.2) is 12.1 Å². The number of carbonyl (C=O) groups is 1. The highest BCUT2D eigenvalue weighted by molar-refractivity contribution is 5.91. The number of carbonyl (C=O) groups excluding carboxylic acids is 1. The predicted octanol–water partition coefficient (Wildman–Crippen LogP) is 1.37. The summed E-state index contributed by atoms with van der Waals surface area (Å²) >= 11 is 0. The Morgan fingerprint density at radius 1 is 1.40 bits per heavy atom. The molecular formula is C15H21FN2O2. The standard InChI is InChI=1S/C15H21FN2O2/c1-11-13(15(19)20-2)9-12(10-14(11)16)3-6-18-7-4-17-5-8-18/h9-10,17H,3-8H2,1-2H3. The number of nitrogens with zero attached hydrogens (tertiary/aromatic N) is 1. The van der Waals surface area contributed by atoms with Crippen LogP contribution in [0.1, 0.15) is 21.5 Å². The maximum Gasteiger partial charge on any atom is 0.338 e. The highest BCUT2D eigenvalue weighted by Gasteiger charge is 2.15. The Morgan fingerprint density at radius 3 is 2.75 bits per heavy atom. The number of benzene rings is 1. The predicted molar refractivity (Wildman–Crippen MR) is 75.5 cm³/mol. The molecule has 0 atom stereocenters. The zero-order valence-corrected chi connectivity index (χ0v) is 12.0. The minimum atomic E-state index is -0.481. The fourth-order valence-corrected chi connectivity index (χ4v) is 2.42. The topological polar surface area (TPSA) is 41.6 Å². The Morgan fingerprint density at radius 2 is 2.10 bits per heavy atom. The Kier molecular flexibility index (Phi) is 5.09. The summed E-state index contributed by atoms with van der Waals surface area (Å²) in [7, 11) is 1.31. The van der Waals surface area contributed by atoms with E-state index in [9.17, 15) is 9.18 Å². The average Bonchev–Trinajstić information content (AvgIpc) is 2.48. The number of nitrogens with one attached hydrogen (secondary N) is 1. The summed E-state index contributed by atoms with van der Waals surface area (Å²) in [4.78, 5) is 14.0. The smallest absolute Gasteiger partial charge is 0.338 e. The van der Waals surface area contributed by atoms with Crippen molar-refractivity contribution in [3.8, 4) is 0 Å². The molecular weight excluding hydrogens is 259 g/mol. The van der Waals surface area contributed by atoms with Crippen molar-refractivity contribution in [2.75, 3.05) is 39.8 Å². The van der Waals surface area contributed by atoms with Crippen LogP contribution in [0.4, 0.5) is 4.39 Å². The van der Waals surface area contributed by atoms with E-state index in [-0.39, 0.29) is 5.82 Å². The van der Waals surface area contributed by atoms with Gasteiger partial charge in [-0.3, -0.25) is 0 Å². The van der Waals surface area contributed by atoms with Crippen LogP contribution in [-0.2, 0) is 11.2 Å². The van der Waals surface area contributed by atoms with Gasteiger partial charge in [-0.05, 0) is 36.6 Å². The molecule has 5 heteroatoms. The van der Waals surface area contributed by atoms with Crippen molar-refractivity contribution in [3.63, 3.8) is 0 Å². The van der Waals surface area contributed by atoms with Crippen molar-refractivity contribution in [1.82, 2.24) is 10.2 Å². The van der Waals surface area contributed by atoms with Gasteiger partial charge in [-0.1, -0.05) is 0 Å². The molecule has 1 aromatic carbocycles. The molecule has 20 heavy (non-hydrogen) atoms. The number of piperazine rings is 1. The second kappa shape index (κ2) is 6.81. The lowest BCUT2D eigenvalue weighted by Crippen LogP contribution is -2.44. The van der Waals surface area contributed by atoms with Gasteiger partial charge in [-0.15, -0.1) is 0 Å². The number of methoxy groups -OCH3 is 1. The van der Waals surface area contributed by atoms with E-state index in [0.717, 1.165) is 44.7 Å². The van der Waals surface area contributed by atoms with E-state index >= 15 is 0 Å². The quantitative estimate of drug-likeness (QED) is 0.846. The van der Waals surface area contributed by atoms with Crippen molar-refractivity contribution in [1.29, 1.82) is 0 Å². The minimum Gasteiger partial charge on any atom is -0.465 e. The molecule has 1 aliphatic heterocycles. The summed E-state index contributed by atoms with van der Waals surface area (Å²) in [5.41, 5.74) is 1.51. The molecule has 0 unspecified atom stereocenters. The van der Waals surface area contributed by atoms with Gasteiger partial charge in [0.2, 0.25) is 0 Å². The molecule has 0 aliphatic carbocycles. The first kappa shape index (κ1) is 14.9. The average molecular weight is 280 g/mol. The number of halogens is 1. The summed E-state index contributed by atoms with van der Waals surface area (Å²) in [6.07, 6.45) is 0.737. The van der Waals surface area contributed by atoms with Gasteiger partial charge in [0, 0.05) is 32.7 Å². The second-order valence-corrected chi connectivity index (χ2v) is 5.08. The van der Waals surface area contributed by atoms with Gasteiger partial charge in [-0.25, -0.2) is 9.18 Å². The maximum absolute atomic E-state index is 13.9. The van der Waals surface area contributed by atoms with Gasteiger partial charge >= 0.3 is 5.97 Å². The largest absolute Gasteiger partial charge is 0.465 e. The number of hydrogen-bond acceptors (Lipinski definition) is 4. The highest BCUT2D eigenvalue weighted by atomic mass is 19.1. The van der Waals surface area contributed by atoms with Gasteiger partial charge in [0.15, 0.2) is 0 Å². The molecule has 1 fully saturated rings. The number of ether oxygens (including phenoxy) is 1. The third-order valence-corrected chi connectivity index (χ3v) is 3.74. The van der Waals surface area contributed by atoms with E-state index in [0.29, 0.717) is 11.1 Å². The van der Waals surface area contributed by atoms with E-state index < -0.39 is 5.97 Å². The molecule has 1 N–H and O–H groups in total. The molecule has 1 aromatic rings. The Balaban J connectivity index is 2.07.